The number of anilines is 1. The summed E-state index contributed by atoms with van der Waals surface area (Å²) in [6.45, 7) is 1.01. The number of rotatable bonds is 3. The molecule has 1 amide bonds. The van der Waals surface area contributed by atoms with Gasteiger partial charge in [-0.15, -0.1) is 0 Å². The van der Waals surface area contributed by atoms with Gasteiger partial charge in [0.1, 0.15) is 11.6 Å². The highest BCUT2D eigenvalue weighted by Gasteiger charge is 2.17. The number of carbonyl (C=O) groups excluding carboxylic acids is 1. The molecule has 126 valence electrons. The fourth-order valence-electron chi connectivity index (χ4n) is 2.36. The zero-order chi connectivity index (χ0) is 17.1. The van der Waals surface area contributed by atoms with E-state index in [2.05, 4.69) is 5.32 Å². The van der Waals surface area contributed by atoms with Crippen molar-refractivity contribution < 1.29 is 23.0 Å². The molecule has 1 aliphatic heterocycles. The number of ether oxygens (including phenoxy) is 2. The Kier molecular flexibility index (Phi) is 4.85. The van der Waals surface area contributed by atoms with Gasteiger partial charge in [0.15, 0.2) is 11.5 Å². The molecule has 4 nitrogen and oxygen atoms in total. The van der Waals surface area contributed by atoms with Gasteiger partial charge < -0.3 is 14.8 Å². The lowest BCUT2D eigenvalue weighted by atomic mass is 10.1. The Balaban J connectivity index is 1.74. The van der Waals surface area contributed by atoms with Crippen LogP contribution >= 0.6 is 11.6 Å². The van der Waals surface area contributed by atoms with E-state index < -0.39 is 17.5 Å². The minimum absolute atomic E-state index is 0.0345. The van der Waals surface area contributed by atoms with Crippen LogP contribution in [0.1, 0.15) is 12.0 Å². The quantitative estimate of drug-likeness (QED) is 0.908. The Labute approximate surface area is 142 Å². The average Bonchev–Trinajstić information content (AvgIpc) is 2.76. The lowest BCUT2D eigenvalue weighted by molar-refractivity contribution is -0.115. The number of benzene rings is 2. The number of carbonyl (C=O) groups is 1. The number of hydrogen-bond donors (Lipinski definition) is 1. The lowest BCUT2D eigenvalue weighted by Gasteiger charge is -2.12. The highest BCUT2D eigenvalue weighted by Crippen LogP contribution is 2.38. The van der Waals surface area contributed by atoms with Gasteiger partial charge in [0.05, 0.1) is 30.3 Å². The molecule has 2 aromatic carbocycles. The standard InChI is InChI=1S/C17H14ClF2NO3/c18-12-6-10(7-15-17(12)24-5-1-4-23-15)8-16(22)21-14-3-2-11(19)9-13(14)20/h2-3,6-7,9H,1,4-5,8H2,(H,21,22). The zero-order valence-electron chi connectivity index (χ0n) is 12.6. The lowest BCUT2D eigenvalue weighted by Crippen LogP contribution is -2.15. The van der Waals surface area contributed by atoms with Gasteiger partial charge in [-0.3, -0.25) is 4.79 Å². The van der Waals surface area contributed by atoms with Crippen molar-refractivity contribution in [2.24, 2.45) is 0 Å². The average molecular weight is 354 g/mol. The summed E-state index contributed by atoms with van der Waals surface area (Å²) in [7, 11) is 0. The summed E-state index contributed by atoms with van der Waals surface area (Å²) in [5, 5.41) is 2.75. The molecule has 1 heterocycles. The highest BCUT2D eigenvalue weighted by molar-refractivity contribution is 6.32. The van der Waals surface area contributed by atoms with Crippen LogP contribution < -0.4 is 14.8 Å². The Morgan fingerprint density at radius 1 is 1.17 bits per heavy atom. The molecule has 0 bridgehead atoms. The van der Waals surface area contributed by atoms with Gasteiger partial charge in [-0.25, -0.2) is 8.78 Å². The number of hydrogen-bond acceptors (Lipinski definition) is 3. The Bertz CT molecular complexity index is 783. The zero-order valence-corrected chi connectivity index (χ0v) is 13.3. The maximum Gasteiger partial charge on any atom is 0.228 e. The number of halogens is 3. The van der Waals surface area contributed by atoms with Gasteiger partial charge in [-0.05, 0) is 29.8 Å². The number of nitrogens with one attached hydrogen (secondary N) is 1. The summed E-state index contributed by atoms with van der Waals surface area (Å²) in [4.78, 5) is 12.1. The molecule has 1 aliphatic rings. The third-order valence-corrected chi connectivity index (χ3v) is 3.71. The Hall–Kier alpha value is -2.34. The van der Waals surface area contributed by atoms with E-state index in [9.17, 15) is 13.6 Å². The van der Waals surface area contributed by atoms with Crippen LogP contribution in [0.3, 0.4) is 0 Å². The molecule has 0 aliphatic carbocycles. The van der Waals surface area contributed by atoms with Crippen molar-refractivity contribution in [1.82, 2.24) is 0 Å². The first kappa shape index (κ1) is 16.5. The van der Waals surface area contributed by atoms with E-state index in [1.54, 1.807) is 12.1 Å². The predicted molar refractivity (Wildman–Crippen MR) is 85.8 cm³/mol. The molecular formula is C17H14ClF2NO3. The summed E-state index contributed by atoms with van der Waals surface area (Å²) in [6, 6.07) is 6.23. The van der Waals surface area contributed by atoms with E-state index in [0.29, 0.717) is 41.4 Å². The van der Waals surface area contributed by atoms with Crippen molar-refractivity contribution in [2.45, 2.75) is 12.8 Å². The Morgan fingerprint density at radius 3 is 2.75 bits per heavy atom. The van der Waals surface area contributed by atoms with Gasteiger partial charge in [-0.2, -0.15) is 0 Å². The largest absolute Gasteiger partial charge is 0.489 e. The van der Waals surface area contributed by atoms with Crippen LogP contribution in [0.15, 0.2) is 30.3 Å². The molecule has 1 N–H and O–H groups in total. The molecule has 0 spiro atoms. The molecule has 0 atom stereocenters. The summed E-state index contributed by atoms with van der Waals surface area (Å²) in [5.41, 5.74) is 0.520. The van der Waals surface area contributed by atoms with Crippen LogP contribution in [0, 0.1) is 11.6 Å². The van der Waals surface area contributed by atoms with Crippen LogP contribution in [0.5, 0.6) is 11.5 Å². The van der Waals surface area contributed by atoms with E-state index in [4.69, 9.17) is 21.1 Å². The van der Waals surface area contributed by atoms with Crippen molar-refractivity contribution in [3.8, 4) is 11.5 Å². The van der Waals surface area contributed by atoms with Crippen LogP contribution in [0.2, 0.25) is 5.02 Å². The van der Waals surface area contributed by atoms with Gasteiger partial charge in [0.25, 0.3) is 0 Å². The van der Waals surface area contributed by atoms with Crippen LogP contribution in [0.4, 0.5) is 14.5 Å². The van der Waals surface area contributed by atoms with Gasteiger partial charge >= 0.3 is 0 Å². The molecule has 0 radical (unpaired) electrons. The third kappa shape index (κ3) is 3.76. The first-order chi connectivity index (χ1) is 11.5. The monoisotopic (exact) mass is 353 g/mol. The molecule has 7 heteroatoms. The second-order valence-electron chi connectivity index (χ2n) is 5.30. The first-order valence-corrected chi connectivity index (χ1v) is 7.73. The molecule has 24 heavy (non-hydrogen) atoms. The van der Waals surface area contributed by atoms with E-state index in [-0.39, 0.29) is 12.1 Å². The molecule has 2 aromatic rings. The van der Waals surface area contributed by atoms with E-state index in [0.717, 1.165) is 12.5 Å². The third-order valence-electron chi connectivity index (χ3n) is 3.43. The van der Waals surface area contributed by atoms with Crippen molar-refractivity contribution in [1.29, 1.82) is 0 Å². The SMILES string of the molecule is O=C(Cc1cc(Cl)c2c(c1)OCCCO2)Nc1ccc(F)cc1F. The molecule has 0 fully saturated rings. The molecule has 3 rings (SSSR count). The summed E-state index contributed by atoms with van der Waals surface area (Å²) < 4.78 is 37.5. The minimum atomic E-state index is -0.833. The maximum absolute atomic E-state index is 13.6. The number of amides is 1. The minimum Gasteiger partial charge on any atom is -0.489 e. The second-order valence-corrected chi connectivity index (χ2v) is 5.71. The van der Waals surface area contributed by atoms with Gasteiger partial charge in [-0.1, -0.05) is 11.6 Å². The number of fused-ring (bicyclic) bond motifs is 1. The van der Waals surface area contributed by atoms with Crippen LogP contribution in [-0.2, 0) is 11.2 Å². The Morgan fingerprint density at radius 2 is 1.96 bits per heavy atom. The summed E-state index contributed by atoms with van der Waals surface area (Å²) in [5.74, 6) is -1.05. The smallest absolute Gasteiger partial charge is 0.228 e. The summed E-state index contributed by atoms with van der Waals surface area (Å²) in [6.07, 6.45) is 0.706. The topological polar surface area (TPSA) is 47.6 Å². The van der Waals surface area contributed by atoms with Gasteiger partial charge in [0.2, 0.25) is 5.91 Å². The molecule has 0 saturated heterocycles. The predicted octanol–water partition coefficient (Wildman–Crippen LogP) is 3.96. The van der Waals surface area contributed by atoms with Crippen LogP contribution in [0.25, 0.3) is 0 Å². The maximum atomic E-state index is 13.6. The van der Waals surface area contributed by atoms with Crippen molar-refractivity contribution in [3.05, 3.63) is 52.6 Å². The van der Waals surface area contributed by atoms with Crippen molar-refractivity contribution in [2.75, 3.05) is 18.5 Å². The van der Waals surface area contributed by atoms with E-state index in [1.807, 2.05) is 0 Å². The summed E-state index contributed by atoms with van der Waals surface area (Å²) >= 11 is 6.17. The normalized spacial score (nSPS) is 13.3. The molecular weight excluding hydrogens is 340 g/mol. The van der Waals surface area contributed by atoms with Crippen molar-refractivity contribution in [3.63, 3.8) is 0 Å². The molecule has 0 unspecified atom stereocenters. The van der Waals surface area contributed by atoms with Crippen LogP contribution in [-0.4, -0.2) is 19.1 Å². The second kappa shape index (κ2) is 7.05. The van der Waals surface area contributed by atoms with E-state index in [1.165, 1.54) is 6.07 Å². The molecule has 0 saturated carbocycles. The fraction of sp³-hybridized carbons (Fsp3) is 0.235. The van der Waals surface area contributed by atoms with Gasteiger partial charge in [0, 0.05) is 12.5 Å². The first-order valence-electron chi connectivity index (χ1n) is 7.36. The van der Waals surface area contributed by atoms with E-state index >= 15 is 0 Å². The fourth-order valence-corrected chi connectivity index (χ4v) is 2.64. The highest BCUT2D eigenvalue weighted by atomic mass is 35.5. The van der Waals surface area contributed by atoms with Crippen molar-refractivity contribution >= 4 is 23.2 Å². The molecule has 0 aromatic heterocycles.